The van der Waals surface area contributed by atoms with E-state index in [9.17, 15) is 18.8 Å². The van der Waals surface area contributed by atoms with Crippen molar-refractivity contribution < 1.29 is 33.4 Å². The fraction of sp³-hybridized carbons (Fsp3) is 0.208. The number of carbonyl (C=O) groups is 3. The number of rotatable bonds is 7. The number of carbonyl (C=O) groups excluding carboxylic acids is 2. The fourth-order valence-electron chi connectivity index (χ4n) is 3.90. The van der Waals surface area contributed by atoms with Gasteiger partial charge in [-0.05, 0) is 31.5 Å². The van der Waals surface area contributed by atoms with Crippen molar-refractivity contribution in [3.63, 3.8) is 0 Å². The van der Waals surface area contributed by atoms with E-state index in [0.717, 1.165) is 11.0 Å². The smallest absolute Gasteiger partial charge is 0.307 e. The number of imide groups is 1. The molecule has 1 heterocycles. The predicted molar refractivity (Wildman–Crippen MR) is 115 cm³/mol. The first kappa shape index (κ1) is 21.3. The number of halogens is 1. The second kappa shape index (κ2) is 8.30. The number of nitrogens with zero attached hydrogens (tertiary/aromatic N) is 1. The number of hydrogen-bond donors (Lipinski definition) is 1. The minimum atomic E-state index is -1.19. The van der Waals surface area contributed by atoms with E-state index < -0.39 is 30.0 Å². The molecule has 1 aliphatic heterocycles. The van der Waals surface area contributed by atoms with Gasteiger partial charge in [0.25, 0.3) is 11.8 Å². The lowest BCUT2D eigenvalue weighted by Gasteiger charge is -2.15. The molecule has 7 nitrogen and oxygen atoms in total. The van der Waals surface area contributed by atoms with Gasteiger partial charge >= 0.3 is 5.97 Å². The summed E-state index contributed by atoms with van der Waals surface area (Å²) >= 11 is 0. The Bertz CT molecular complexity index is 1200. The third kappa shape index (κ3) is 3.33. The molecule has 4 rings (SSSR count). The van der Waals surface area contributed by atoms with Gasteiger partial charge in [0, 0.05) is 10.8 Å². The number of fused-ring (bicyclic) bond motifs is 2. The number of anilines is 1. The molecule has 0 unspecified atom stereocenters. The molecule has 0 atom stereocenters. The number of aliphatic carboxylic acids is 1. The molecule has 32 heavy (non-hydrogen) atoms. The zero-order valence-corrected chi connectivity index (χ0v) is 17.5. The van der Waals surface area contributed by atoms with Crippen molar-refractivity contribution in [2.75, 3.05) is 18.1 Å². The molecule has 0 fully saturated rings. The molecule has 0 saturated heterocycles. The van der Waals surface area contributed by atoms with Crippen LogP contribution in [0.3, 0.4) is 0 Å². The third-order valence-corrected chi connectivity index (χ3v) is 5.17. The van der Waals surface area contributed by atoms with Crippen LogP contribution in [0.15, 0.2) is 42.5 Å². The predicted octanol–water partition coefficient (Wildman–Crippen LogP) is 4.20. The summed E-state index contributed by atoms with van der Waals surface area (Å²) < 4.78 is 26.1. The molecule has 0 saturated carbocycles. The molecule has 0 spiro atoms. The Morgan fingerprint density at radius 1 is 0.938 bits per heavy atom. The van der Waals surface area contributed by atoms with Gasteiger partial charge in [0.1, 0.15) is 17.3 Å². The highest BCUT2D eigenvalue weighted by molar-refractivity contribution is 6.38. The maximum atomic E-state index is 14.5. The summed E-state index contributed by atoms with van der Waals surface area (Å²) in [6.07, 6.45) is -0.511. The van der Waals surface area contributed by atoms with E-state index in [0.29, 0.717) is 10.8 Å². The molecule has 1 N–H and O–H groups in total. The van der Waals surface area contributed by atoms with Crippen LogP contribution in [0.2, 0.25) is 0 Å². The molecule has 0 radical (unpaired) electrons. The summed E-state index contributed by atoms with van der Waals surface area (Å²) in [4.78, 5) is 38.6. The minimum absolute atomic E-state index is 0.00297. The highest BCUT2D eigenvalue weighted by Gasteiger charge is 2.43. The third-order valence-electron chi connectivity index (χ3n) is 5.17. The van der Waals surface area contributed by atoms with Gasteiger partial charge < -0.3 is 14.6 Å². The Morgan fingerprint density at radius 2 is 1.47 bits per heavy atom. The van der Waals surface area contributed by atoms with Crippen LogP contribution >= 0.6 is 0 Å². The van der Waals surface area contributed by atoms with Crippen LogP contribution in [-0.4, -0.2) is 36.1 Å². The topological polar surface area (TPSA) is 93.1 Å². The van der Waals surface area contributed by atoms with Gasteiger partial charge in [-0.1, -0.05) is 30.3 Å². The van der Waals surface area contributed by atoms with E-state index in [4.69, 9.17) is 14.6 Å². The van der Waals surface area contributed by atoms with Gasteiger partial charge in [-0.3, -0.25) is 14.4 Å². The van der Waals surface area contributed by atoms with Gasteiger partial charge in [0.15, 0.2) is 0 Å². The summed E-state index contributed by atoms with van der Waals surface area (Å²) in [5, 5.41) is 10.2. The largest absolute Gasteiger partial charge is 0.492 e. The summed E-state index contributed by atoms with van der Waals surface area (Å²) in [7, 11) is 0. The Balaban J connectivity index is 1.92. The van der Waals surface area contributed by atoms with Crippen molar-refractivity contribution in [1.29, 1.82) is 0 Å². The lowest BCUT2D eigenvalue weighted by Crippen LogP contribution is -2.29. The van der Waals surface area contributed by atoms with E-state index in [1.54, 1.807) is 38.1 Å². The van der Waals surface area contributed by atoms with E-state index in [1.807, 2.05) is 0 Å². The first-order valence-electron chi connectivity index (χ1n) is 10.1. The Labute approximate surface area is 183 Å². The molecule has 3 aromatic carbocycles. The molecule has 8 heteroatoms. The standard InChI is InChI=1S/C24H20FNO6/c1-3-31-21-15-7-5-6-8-16(15)22(32-4-2)20-19(21)23(29)26(24(20)30)14-10-9-13(11-18(27)28)17(25)12-14/h5-10,12H,3-4,11H2,1-2H3,(H,27,28). The summed E-state index contributed by atoms with van der Waals surface area (Å²) in [5.74, 6) is -2.79. The summed E-state index contributed by atoms with van der Waals surface area (Å²) in [5.41, 5.74) is 0.0773. The van der Waals surface area contributed by atoms with Gasteiger partial charge in [-0.2, -0.15) is 0 Å². The molecule has 0 aliphatic carbocycles. The number of hydrogen-bond acceptors (Lipinski definition) is 5. The average molecular weight is 437 g/mol. The summed E-state index contributed by atoms with van der Waals surface area (Å²) in [6.45, 7) is 4.08. The van der Waals surface area contributed by atoms with Crippen LogP contribution in [0.4, 0.5) is 10.1 Å². The zero-order chi connectivity index (χ0) is 23.0. The zero-order valence-electron chi connectivity index (χ0n) is 17.5. The van der Waals surface area contributed by atoms with Gasteiger partial charge in [-0.15, -0.1) is 0 Å². The van der Waals surface area contributed by atoms with E-state index >= 15 is 0 Å². The minimum Gasteiger partial charge on any atom is -0.492 e. The number of carboxylic acid groups (broad SMARTS) is 1. The van der Waals surface area contributed by atoms with Crippen LogP contribution in [0.1, 0.15) is 40.1 Å². The highest BCUT2D eigenvalue weighted by atomic mass is 19.1. The van der Waals surface area contributed by atoms with Gasteiger partial charge in [0.2, 0.25) is 0 Å². The first-order chi connectivity index (χ1) is 15.4. The molecule has 2 amide bonds. The molecular formula is C24H20FNO6. The highest BCUT2D eigenvalue weighted by Crippen LogP contribution is 2.46. The van der Waals surface area contributed by atoms with Gasteiger partial charge in [0.05, 0.1) is 36.4 Å². The van der Waals surface area contributed by atoms with Crippen molar-refractivity contribution in [2.45, 2.75) is 20.3 Å². The molecule has 0 aromatic heterocycles. The van der Waals surface area contributed by atoms with Crippen molar-refractivity contribution >= 4 is 34.2 Å². The summed E-state index contributed by atoms with van der Waals surface area (Å²) in [6, 6.07) is 10.7. The van der Waals surface area contributed by atoms with Crippen molar-refractivity contribution in [1.82, 2.24) is 0 Å². The molecular weight excluding hydrogens is 417 g/mol. The molecule has 1 aliphatic rings. The van der Waals surface area contributed by atoms with Crippen molar-refractivity contribution in [3.8, 4) is 11.5 Å². The average Bonchev–Trinajstić information content (AvgIpc) is 3.02. The number of ether oxygens (including phenoxy) is 2. The Hall–Kier alpha value is -3.94. The fourth-order valence-corrected chi connectivity index (χ4v) is 3.90. The SMILES string of the molecule is CCOc1c2c(c(OCC)c3ccccc13)C(=O)N(c1ccc(CC(=O)O)c(F)c1)C2=O. The van der Waals surface area contributed by atoms with E-state index in [1.165, 1.54) is 12.1 Å². The van der Waals surface area contributed by atoms with Crippen LogP contribution in [0, 0.1) is 5.82 Å². The number of benzene rings is 3. The van der Waals surface area contributed by atoms with Crippen molar-refractivity contribution in [3.05, 3.63) is 65.0 Å². The quantitative estimate of drug-likeness (QED) is 0.557. The van der Waals surface area contributed by atoms with Crippen LogP contribution in [0.5, 0.6) is 11.5 Å². The number of amides is 2. The van der Waals surface area contributed by atoms with Crippen LogP contribution in [0.25, 0.3) is 10.8 Å². The monoisotopic (exact) mass is 437 g/mol. The van der Waals surface area contributed by atoms with E-state index in [-0.39, 0.29) is 47.1 Å². The maximum absolute atomic E-state index is 14.5. The maximum Gasteiger partial charge on any atom is 0.307 e. The lowest BCUT2D eigenvalue weighted by molar-refractivity contribution is -0.136. The van der Waals surface area contributed by atoms with Crippen molar-refractivity contribution in [2.24, 2.45) is 0 Å². The lowest BCUT2D eigenvalue weighted by atomic mass is 9.99. The normalized spacial score (nSPS) is 12.9. The first-order valence-corrected chi connectivity index (χ1v) is 10.1. The van der Waals surface area contributed by atoms with Crippen LogP contribution < -0.4 is 14.4 Å². The Morgan fingerprint density at radius 3 is 1.91 bits per heavy atom. The second-order valence-electron chi connectivity index (χ2n) is 7.11. The van der Waals surface area contributed by atoms with E-state index in [2.05, 4.69) is 0 Å². The van der Waals surface area contributed by atoms with Gasteiger partial charge in [-0.25, -0.2) is 9.29 Å². The Kier molecular flexibility index (Phi) is 5.52. The molecule has 0 bridgehead atoms. The molecule has 164 valence electrons. The number of carboxylic acids is 1. The van der Waals surface area contributed by atoms with Crippen LogP contribution in [-0.2, 0) is 11.2 Å². The molecule has 3 aromatic rings. The second-order valence-corrected chi connectivity index (χ2v) is 7.11.